The van der Waals surface area contributed by atoms with E-state index >= 15 is 0 Å². The summed E-state index contributed by atoms with van der Waals surface area (Å²) in [5.74, 6) is -0.603. The molecule has 0 aliphatic rings. The Balaban J connectivity index is 0.00000106. The molecule has 0 radical (unpaired) electrons. The lowest BCUT2D eigenvalue weighted by Gasteiger charge is -2.01. The topological polar surface area (TPSA) is 56.3 Å². The van der Waals surface area contributed by atoms with Crippen LogP contribution in [0.4, 0.5) is 0 Å². The minimum absolute atomic E-state index is 0.0991. The van der Waals surface area contributed by atoms with Crippen LogP contribution < -0.4 is 0 Å². The summed E-state index contributed by atoms with van der Waals surface area (Å²) >= 11 is 0. The van der Waals surface area contributed by atoms with Gasteiger partial charge in [0.15, 0.2) is 5.78 Å². The second kappa shape index (κ2) is 7.56. The molecule has 1 rings (SSSR count). The van der Waals surface area contributed by atoms with E-state index in [4.69, 9.17) is 4.74 Å². The van der Waals surface area contributed by atoms with Crippen LogP contribution in [-0.2, 0) is 4.74 Å². The third-order valence-corrected chi connectivity index (χ3v) is 1.65. The standard InChI is InChI=1S/C10H11NO3.C2H6/c1-3-14-10(13)9-6-8(7(2)12)4-5-11-9;1-2/h4-6H,3H2,1-2H3;1-2H3. The molecule has 0 aliphatic carbocycles. The van der Waals surface area contributed by atoms with Gasteiger partial charge >= 0.3 is 5.97 Å². The van der Waals surface area contributed by atoms with Gasteiger partial charge in [0.1, 0.15) is 5.69 Å². The van der Waals surface area contributed by atoms with Crippen molar-refractivity contribution in [1.82, 2.24) is 4.98 Å². The molecule has 0 bridgehead atoms. The second-order valence-electron chi connectivity index (χ2n) is 2.71. The number of nitrogens with zero attached hydrogens (tertiary/aromatic N) is 1. The van der Waals surface area contributed by atoms with Crippen molar-refractivity contribution in [2.45, 2.75) is 27.7 Å². The number of hydrogen-bond acceptors (Lipinski definition) is 4. The molecule has 1 aromatic rings. The molecule has 0 spiro atoms. The van der Waals surface area contributed by atoms with Crippen molar-refractivity contribution in [3.8, 4) is 0 Å². The smallest absolute Gasteiger partial charge is 0.356 e. The van der Waals surface area contributed by atoms with Crippen molar-refractivity contribution in [3.05, 3.63) is 29.6 Å². The lowest BCUT2D eigenvalue weighted by atomic mass is 10.2. The summed E-state index contributed by atoms with van der Waals surface area (Å²) < 4.78 is 4.75. The first-order valence-corrected chi connectivity index (χ1v) is 5.29. The van der Waals surface area contributed by atoms with E-state index in [1.54, 1.807) is 13.0 Å². The molecule has 1 aromatic heterocycles. The first-order chi connectivity index (χ1) is 7.65. The van der Waals surface area contributed by atoms with Crippen molar-refractivity contribution >= 4 is 11.8 Å². The molecule has 0 fully saturated rings. The van der Waals surface area contributed by atoms with Crippen LogP contribution in [0, 0.1) is 0 Å². The fourth-order valence-corrected chi connectivity index (χ4v) is 0.966. The molecule has 0 unspecified atom stereocenters. The molecule has 0 saturated heterocycles. The van der Waals surface area contributed by atoms with Crippen LogP contribution in [-0.4, -0.2) is 23.3 Å². The lowest BCUT2D eigenvalue weighted by molar-refractivity contribution is 0.0519. The summed E-state index contributed by atoms with van der Waals surface area (Å²) in [6.45, 7) is 7.45. The number of carbonyl (C=O) groups excluding carboxylic acids is 2. The monoisotopic (exact) mass is 223 g/mol. The van der Waals surface area contributed by atoms with Crippen molar-refractivity contribution in [2.75, 3.05) is 6.61 Å². The fourth-order valence-electron chi connectivity index (χ4n) is 0.966. The van der Waals surface area contributed by atoms with Gasteiger partial charge in [-0.15, -0.1) is 0 Å². The SMILES string of the molecule is CC.CCOC(=O)c1cc(C(C)=O)ccn1. The molecular weight excluding hydrogens is 206 g/mol. The summed E-state index contributed by atoms with van der Waals surface area (Å²) in [4.78, 5) is 26.0. The Morgan fingerprint density at radius 2 is 2.00 bits per heavy atom. The first kappa shape index (κ1) is 14.3. The minimum Gasteiger partial charge on any atom is -0.461 e. The summed E-state index contributed by atoms with van der Waals surface area (Å²) in [7, 11) is 0. The maximum Gasteiger partial charge on any atom is 0.356 e. The number of ether oxygens (including phenoxy) is 1. The second-order valence-corrected chi connectivity index (χ2v) is 2.71. The largest absolute Gasteiger partial charge is 0.461 e. The number of hydrogen-bond donors (Lipinski definition) is 0. The highest BCUT2D eigenvalue weighted by atomic mass is 16.5. The molecule has 1 heterocycles. The van der Waals surface area contributed by atoms with E-state index in [-0.39, 0.29) is 11.5 Å². The number of pyridine rings is 1. The van der Waals surface area contributed by atoms with E-state index in [1.165, 1.54) is 19.2 Å². The highest BCUT2D eigenvalue weighted by Crippen LogP contribution is 2.04. The number of ketones is 1. The van der Waals surface area contributed by atoms with Crippen LogP contribution in [0.25, 0.3) is 0 Å². The van der Waals surface area contributed by atoms with E-state index in [0.717, 1.165) is 0 Å². The average molecular weight is 223 g/mol. The van der Waals surface area contributed by atoms with E-state index in [0.29, 0.717) is 12.2 Å². The normalized spacial score (nSPS) is 8.75. The molecule has 0 atom stereocenters. The Labute approximate surface area is 95.6 Å². The number of aromatic nitrogens is 1. The summed E-state index contributed by atoms with van der Waals surface area (Å²) in [5, 5.41) is 0. The van der Waals surface area contributed by atoms with Gasteiger partial charge in [-0.3, -0.25) is 4.79 Å². The molecule has 0 aromatic carbocycles. The van der Waals surface area contributed by atoms with Gasteiger partial charge in [0, 0.05) is 11.8 Å². The van der Waals surface area contributed by atoms with Crippen LogP contribution >= 0.6 is 0 Å². The van der Waals surface area contributed by atoms with Crippen LogP contribution in [0.3, 0.4) is 0 Å². The molecule has 88 valence electrons. The van der Waals surface area contributed by atoms with Crippen LogP contribution in [0.5, 0.6) is 0 Å². The molecule has 16 heavy (non-hydrogen) atoms. The third kappa shape index (κ3) is 4.21. The molecule has 0 N–H and O–H groups in total. The van der Waals surface area contributed by atoms with Gasteiger partial charge in [-0.25, -0.2) is 9.78 Å². The van der Waals surface area contributed by atoms with Gasteiger partial charge in [0.05, 0.1) is 6.61 Å². The van der Waals surface area contributed by atoms with Gasteiger partial charge in [0.2, 0.25) is 0 Å². The fraction of sp³-hybridized carbons (Fsp3) is 0.417. The Hall–Kier alpha value is -1.71. The Bertz CT molecular complexity index is 361. The quantitative estimate of drug-likeness (QED) is 0.583. The molecule has 4 nitrogen and oxygen atoms in total. The zero-order valence-electron chi connectivity index (χ0n) is 10.1. The Morgan fingerprint density at radius 1 is 1.38 bits per heavy atom. The predicted octanol–water partition coefficient (Wildman–Crippen LogP) is 2.49. The molecular formula is C12H17NO3. The van der Waals surface area contributed by atoms with Crippen LogP contribution in [0.2, 0.25) is 0 Å². The maximum absolute atomic E-state index is 11.2. The van der Waals surface area contributed by atoms with E-state index < -0.39 is 5.97 Å². The Kier molecular flexibility index (Phi) is 6.76. The summed E-state index contributed by atoms with van der Waals surface area (Å²) in [6.07, 6.45) is 1.42. The molecule has 0 aliphatic heterocycles. The highest BCUT2D eigenvalue weighted by molar-refractivity contribution is 5.96. The van der Waals surface area contributed by atoms with E-state index in [2.05, 4.69) is 4.98 Å². The predicted molar refractivity (Wildman–Crippen MR) is 61.5 cm³/mol. The average Bonchev–Trinajstić information content (AvgIpc) is 2.32. The number of Topliss-reactive ketones (excluding diaryl/α,β-unsaturated/α-hetero) is 1. The van der Waals surface area contributed by atoms with Gasteiger partial charge in [-0.05, 0) is 26.0 Å². The van der Waals surface area contributed by atoms with E-state index in [9.17, 15) is 9.59 Å². The summed E-state index contributed by atoms with van der Waals surface area (Å²) in [5.41, 5.74) is 0.627. The molecule has 0 saturated carbocycles. The van der Waals surface area contributed by atoms with Gasteiger partial charge in [0.25, 0.3) is 0 Å². The van der Waals surface area contributed by atoms with Gasteiger partial charge in [-0.1, -0.05) is 13.8 Å². The van der Waals surface area contributed by atoms with Gasteiger partial charge < -0.3 is 4.74 Å². The molecule has 0 amide bonds. The van der Waals surface area contributed by atoms with Crippen LogP contribution in [0.1, 0.15) is 48.5 Å². The Morgan fingerprint density at radius 3 is 2.50 bits per heavy atom. The maximum atomic E-state index is 11.2. The number of carbonyl (C=O) groups is 2. The number of rotatable bonds is 3. The van der Waals surface area contributed by atoms with Gasteiger partial charge in [-0.2, -0.15) is 0 Å². The van der Waals surface area contributed by atoms with E-state index in [1.807, 2.05) is 13.8 Å². The van der Waals surface area contributed by atoms with Crippen molar-refractivity contribution in [3.63, 3.8) is 0 Å². The van der Waals surface area contributed by atoms with Crippen molar-refractivity contribution < 1.29 is 14.3 Å². The first-order valence-electron chi connectivity index (χ1n) is 5.29. The summed E-state index contributed by atoms with van der Waals surface area (Å²) in [6, 6.07) is 2.99. The third-order valence-electron chi connectivity index (χ3n) is 1.65. The van der Waals surface area contributed by atoms with Crippen molar-refractivity contribution in [2.24, 2.45) is 0 Å². The zero-order chi connectivity index (χ0) is 12.6. The van der Waals surface area contributed by atoms with Crippen LogP contribution in [0.15, 0.2) is 18.3 Å². The number of esters is 1. The minimum atomic E-state index is -0.504. The zero-order valence-corrected chi connectivity index (χ0v) is 10.1. The highest BCUT2D eigenvalue weighted by Gasteiger charge is 2.09. The lowest BCUT2D eigenvalue weighted by Crippen LogP contribution is -2.08. The van der Waals surface area contributed by atoms with Crippen molar-refractivity contribution in [1.29, 1.82) is 0 Å². The molecule has 4 heteroatoms.